The normalized spacial score (nSPS) is 24.1. The number of carbonyl (C=O) groups excluding carboxylic acids is 2. The number of urea groups is 1. The molecule has 4 heterocycles. The van der Waals surface area contributed by atoms with Gasteiger partial charge < -0.3 is 20.3 Å². The summed E-state index contributed by atoms with van der Waals surface area (Å²) in [5, 5.41) is 16.2. The number of imidazole rings is 1. The molecule has 3 aliphatic rings. The lowest BCUT2D eigenvalue weighted by Gasteiger charge is -2.38. The largest absolute Gasteiger partial charge is 0.382 e. The van der Waals surface area contributed by atoms with Crippen molar-refractivity contribution in [1.29, 1.82) is 0 Å². The van der Waals surface area contributed by atoms with Gasteiger partial charge in [0.2, 0.25) is 5.92 Å². The molecule has 3 atom stereocenters. The number of methoxy groups -OCH3 is 1. The minimum atomic E-state index is -3.17. The first-order valence-electron chi connectivity index (χ1n) is 13.9. The molecule has 2 N–H and O–H groups in total. The molecule has 6 rings (SSSR count). The third kappa shape index (κ3) is 5.90. The molecule has 0 aromatic carbocycles. The number of rotatable bonds is 9. The topological polar surface area (TPSA) is 140 Å². The minimum Gasteiger partial charge on any atom is -0.382 e. The molecule has 0 bridgehead atoms. The zero-order valence-electron chi connectivity index (χ0n) is 23.3. The Morgan fingerprint density at radius 2 is 1.91 bits per heavy atom. The predicted octanol–water partition coefficient (Wildman–Crippen LogP) is 3.88. The summed E-state index contributed by atoms with van der Waals surface area (Å²) < 4.78 is 95.0. The lowest BCUT2D eigenvalue weighted by Crippen LogP contribution is -2.58. The van der Waals surface area contributed by atoms with Crippen molar-refractivity contribution in [2.75, 3.05) is 26.8 Å². The van der Waals surface area contributed by atoms with Crippen LogP contribution < -0.4 is 10.6 Å². The van der Waals surface area contributed by atoms with Gasteiger partial charge in [0.25, 0.3) is 17.8 Å². The molecule has 12 nitrogen and oxygen atoms in total. The summed E-state index contributed by atoms with van der Waals surface area (Å²) in [4.78, 5) is 31.3. The number of hydrogen-bond donors (Lipinski definition) is 2. The Kier molecular flexibility index (Phi) is 7.44. The number of aromatic nitrogens is 5. The van der Waals surface area contributed by atoms with Crippen molar-refractivity contribution >= 4 is 17.6 Å². The van der Waals surface area contributed by atoms with E-state index in [9.17, 15) is 35.9 Å². The van der Waals surface area contributed by atoms with Gasteiger partial charge in [-0.25, -0.2) is 45.3 Å². The van der Waals surface area contributed by atoms with Crippen molar-refractivity contribution in [1.82, 2.24) is 40.4 Å². The number of fused-ring (bicyclic) bond motifs is 1. The summed E-state index contributed by atoms with van der Waals surface area (Å²) in [6, 6.07) is -1.08. The van der Waals surface area contributed by atoms with Crippen LogP contribution in [0, 0.1) is 5.92 Å². The van der Waals surface area contributed by atoms with Gasteiger partial charge in [0, 0.05) is 31.9 Å². The molecule has 44 heavy (non-hydrogen) atoms. The number of alkyl halides is 6. The number of carbonyl (C=O) groups is 2. The molecule has 0 radical (unpaired) electrons. The predicted molar refractivity (Wildman–Crippen MR) is 136 cm³/mol. The van der Waals surface area contributed by atoms with Crippen molar-refractivity contribution in [2.45, 2.75) is 67.9 Å². The van der Waals surface area contributed by atoms with Crippen LogP contribution in [0.5, 0.6) is 0 Å². The Bertz CT molecular complexity index is 1550. The SMILES string of the molecule is COCC(c1cnn2cc(C(NC(=O)c3nonc3[C@H]3CC3(F)F)C3CCC(F)(F)CC3)nc2c1)N1CC(F)(F)CNC1=O. The van der Waals surface area contributed by atoms with E-state index >= 15 is 0 Å². The van der Waals surface area contributed by atoms with Gasteiger partial charge in [-0.3, -0.25) is 4.79 Å². The molecule has 238 valence electrons. The lowest BCUT2D eigenvalue weighted by molar-refractivity contribution is -0.0510. The van der Waals surface area contributed by atoms with Crippen LogP contribution in [0.15, 0.2) is 23.1 Å². The van der Waals surface area contributed by atoms with Crippen LogP contribution in [-0.4, -0.2) is 86.3 Å². The Labute approximate surface area is 245 Å². The number of nitrogens with zero attached hydrogens (tertiary/aromatic N) is 6. The van der Waals surface area contributed by atoms with Gasteiger partial charge in [0.1, 0.15) is 5.69 Å². The highest BCUT2D eigenvalue weighted by Crippen LogP contribution is 2.55. The number of ether oxygens (including phenoxy) is 1. The molecule has 0 spiro atoms. The zero-order valence-corrected chi connectivity index (χ0v) is 23.3. The second-order valence-corrected chi connectivity index (χ2v) is 11.5. The van der Waals surface area contributed by atoms with Gasteiger partial charge >= 0.3 is 6.03 Å². The molecule has 2 aliphatic carbocycles. The Morgan fingerprint density at radius 3 is 2.59 bits per heavy atom. The van der Waals surface area contributed by atoms with E-state index in [2.05, 4.69) is 35.7 Å². The van der Waals surface area contributed by atoms with Crippen molar-refractivity contribution in [2.24, 2.45) is 5.92 Å². The Hall–Kier alpha value is -3.96. The van der Waals surface area contributed by atoms with E-state index in [-0.39, 0.29) is 36.5 Å². The fourth-order valence-corrected chi connectivity index (χ4v) is 5.83. The molecule has 1 aliphatic heterocycles. The van der Waals surface area contributed by atoms with Crippen LogP contribution in [-0.2, 0) is 4.74 Å². The second kappa shape index (κ2) is 10.9. The maximum absolute atomic E-state index is 14.2. The molecular formula is C26H28F6N8O4. The van der Waals surface area contributed by atoms with Crippen molar-refractivity contribution < 1.29 is 45.3 Å². The van der Waals surface area contributed by atoms with Gasteiger partial charge in [0.05, 0.1) is 55.8 Å². The quantitative estimate of drug-likeness (QED) is 0.340. The average Bonchev–Trinajstić information content (AvgIpc) is 3.31. The highest BCUT2D eigenvalue weighted by molar-refractivity contribution is 5.93. The van der Waals surface area contributed by atoms with E-state index in [4.69, 9.17) is 4.74 Å². The molecule has 2 saturated carbocycles. The molecule has 3 fully saturated rings. The van der Waals surface area contributed by atoms with E-state index in [1.54, 1.807) is 0 Å². The van der Waals surface area contributed by atoms with Gasteiger partial charge in [-0.1, -0.05) is 5.16 Å². The third-order valence-corrected chi connectivity index (χ3v) is 8.33. The molecule has 18 heteroatoms. The first kappa shape index (κ1) is 30.1. The smallest absolute Gasteiger partial charge is 0.318 e. The molecule has 1 saturated heterocycles. The summed E-state index contributed by atoms with van der Waals surface area (Å²) in [7, 11) is 1.35. The standard InChI is InChI=1S/C26H28F6N8O4/c1-43-10-17(39-12-25(29,30)11-33-23(39)42)14-6-18-35-16(9-40(18)34-8-14)19(13-2-4-24(27,28)5-3-13)36-22(41)21-20(37-44-38-21)15-7-26(15,31)32/h6,8-9,13,15,17,19H,2-5,7,10-12H2,1H3,(H,33,42)(H,36,41)/t15-,17?,19?/m1/s1. The fraction of sp³-hybridized carbons (Fsp3) is 0.615. The van der Waals surface area contributed by atoms with Gasteiger partial charge in [0.15, 0.2) is 11.3 Å². The van der Waals surface area contributed by atoms with Crippen LogP contribution in [0.3, 0.4) is 0 Å². The third-order valence-electron chi connectivity index (χ3n) is 8.33. The van der Waals surface area contributed by atoms with Gasteiger partial charge in [-0.2, -0.15) is 5.10 Å². The monoisotopic (exact) mass is 630 g/mol. The maximum atomic E-state index is 14.2. The van der Waals surface area contributed by atoms with E-state index in [0.29, 0.717) is 5.56 Å². The molecular weight excluding hydrogens is 602 g/mol. The Morgan fingerprint density at radius 1 is 1.18 bits per heavy atom. The van der Waals surface area contributed by atoms with Crippen LogP contribution in [0.4, 0.5) is 31.1 Å². The van der Waals surface area contributed by atoms with Crippen LogP contribution in [0.1, 0.15) is 77.5 Å². The highest BCUT2D eigenvalue weighted by Gasteiger charge is 2.61. The van der Waals surface area contributed by atoms with E-state index < -0.39 is 91.7 Å². The van der Waals surface area contributed by atoms with Crippen LogP contribution >= 0.6 is 0 Å². The van der Waals surface area contributed by atoms with Crippen molar-refractivity contribution in [3.05, 3.63) is 41.1 Å². The van der Waals surface area contributed by atoms with Gasteiger partial charge in [-0.05, 0) is 30.0 Å². The number of halogens is 6. The second-order valence-electron chi connectivity index (χ2n) is 11.5. The number of hydrogen-bond acceptors (Lipinski definition) is 8. The van der Waals surface area contributed by atoms with Crippen molar-refractivity contribution in [3.8, 4) is 0 Å². The molecule has 3 aromatic heterocycles. The fourth-order valence-electron chi connectivity index (χ4n) is 5.83. The summed E-state index contributed by atoms with van der Waals surface area (Å²) in [6.07, 6.45) is 1.54. The van der Waals surface area contributed by atoms with Crippen LogP contribution in [0.25, 0.3) is 5.65 Å². The Balaban J connectivity index is 1.31. The average molecular weight is 631 g/mol. The summed E-state index contributed by atoms with van der Waals surface area (Å²) in [5.74, 6) is -11.8. The van der Waals surface area contributed by atoms with Gasteiger partial charge in [-0.15, -0.1) is 0 Å². The summed E-state index contributed by atoms with van der Waals surface area (Å²) in [5.41, 5.74) is 0.0646. The van der Waals surface area contributed by atoms with E-state index in [0.717, 1.165) is 4.90 Å². The molecule has 3 amide bonds. The summed E-state index contributed by atoms with van der Waals surface area (Å²) >= 11 is 0. The number of amides is 3. The first-order chi connectivity index (χ1) is 20.8. The van der Waals surface area contributed by atoms with E-state index in [1.165, 1.54) is 30.1 Å². The van der Waals surface area contributed by atoms with Crippen LogP contribution in [0.2, 0.25) is 0 Å². The lowest BCUT2D eigenvalue weighted by atomic mass is 9.81. The minimum absolute atomic E-state index is 0.0311. The zero-order chi connectivity index (χ0) is 31.4. The maximum Gasteiger partial charge on any atom is 0.318 e. The number of nitrogens with one attached hydrogen (secondary N) is 2. The van der Waals surface area contributed by atoms with Crippen molar-refractivity contribution in [3.63, 3.8) is 0 Å². The molecule has 3 aromatic rings. The highest BCUT2D eigenvalue weighted by atomic mass is 19.3. The first-order valence-corrected chi connectivity index (χ1v) is 13.9. The van der Waals surface area contributed by atoms with E-state index in [1.807, 2.05) is 0 Å². The molecule has 2 unspecified atom stereocenters. The summed E-state index contributed by atoms with van der Waals surface area (Å²) in [6.45, 7) is -1.76.